The Hall–Kier alpha value is -0.130. The van der Waals surface area contributed by atoms with Crippen LogP contribution in [0.3, 0.4) is 0 Å². The van der Waals surface area contributed by atoms with Crippen LogP contribution in [0.15, 0.2) is 0 Å². The Morgan fingerprint density at radius 1 is 1.58 bits per heavy atom. The molecule has 72 valence electrons. The molecule has 0 aromatic carbocycles. The van der Waals surface area contributed by atoms with Crippen molar-refractivity contribution in [2.45, 2.75) is 32.7 Å². The molecule has 0 spiro atoms. The number of hydrogen-bond acceptors (Lipinski definition) is 2. The van der Waals surface area contributed by atoms with Gasteiger partial charge >= 0.3 is 0 Å². The topological polar surface area (TPSA) is 49.4 Å². The fourth-order valence-corrected chi connectivity index (χ4v) is 2.87. The fraction of sp³-hybridized carbons (Fsp3) is 1.00. The van der Waals surface area contributed by atoms with E-state index in [1.165, 1.54) is 4.31 Å². The number of rotatable bonds is 2. The fourth-order valence-electron chi connectivity index (χ4n) is 1.33. The van der Waals surface area contributed by atoms with Gasteiger partial charge in [0.15, 0.2) is 0 Å². The Morgan fingerprint density at radius 2 is 2.25 bits per heavy atom. The van der Waals surface area contributed by atoms with Crippen LogP contribution in [0.25, 0.3) is 0 Å². The minimum absolute atomic E-state index is 0.0862. The molecule has 1 atom stereocenters. The maximum Gasteiger partial charge on any atom is 0.279 e. The zero-order valence-electron chi connectivity index (χ0n) is 7.58. The summed E-state index contributed by atoms with van der Waals surface area (Å²) >= 11 is 0. The smallest absolute Gasteiger partial charge is 0.199 e. The van der Waals surface area contributed by atoms with Gasteiger partial charge in [-0.2, -0.15) is 17.4 Å². The minimum Gasteiger partial charge on any atom is -0.199 e. The average Bonchev–Trinajstić information content (AvgIpc) is 1.94. The second kappa shape index (κ2) is 3.72. The first-order valence-corrected chi connectivity index (χ1v) is 5.77. The summed E-state index contributed by atoms with van der Waals surface area (Å²) < 4.78 is 26.9. The van der Waals surface area contributed by atoms with Crippen molar-refractivity contribution >= 4 is 10.2 Å². The van der Waals surface area contributed by atoms with E-state index in [0.717, 1.165) is 12.8 Å². The van der Waals surface area contributed by atoms with Gasteiger partial charge < -0.3 is 0 Å². The third kappa shape index (κ3) is 2.18. The maximum atomic E-state index is 11.4. The lowest BCUT2D eigenvalue weighted by Crippen LogP contribution is -2.50. The van der Waals surface area contributed by atoms with E-state index in [4.69, 9.17) is 0 Å². The van der Waals surface area contributed by atoms with Gasteiger partial charge in [0.1, 0.15) is 0 Å². The molecule has 0 saturated carbocycles. The molecule has 1 heterocycles. The Bertz CT molecular complexity index is 238. The van der Waals surface area contributed by atoms with Crippen molar-refractivity contribution in [1.29, 1.82) is 0 Å². The number of hydrogen-bond donors (Lipinski definition) is 1. The van der Waals surface area contributed by atoms with E-state index in [2.05, 4.69) is 4.72 Å². The highest BCUT2D eigenvalue weighted by molar-refractivity contribution is 7.87. The van der Waals surface area contributed by atoms with E-state index in [9.17, 15) is 8.42 Å². The lowest BCUT2D eigenvalue weighted by molar-refractivity contribution is 0.347. The summed E-state index contributed by atoms with van der Waals surface area (Å²) in [7, 11) is -3.15. The summed E-state index contributed by atoms with van der Waals surface area (Å²) in [6.07, 6.45) is 1.77. The molecule has 1 aliphatic heterocycles. The quantitative estimate of drug-likeness (QED) is 0.685. The summed E-state index contributed by atoms with van der Waals surface area (Å²) in [6.45, 7) is 5.15. The molecule has 0 bridgehead atoms. The van der Waals surface area contributed by atoms with E-state index < -0.39 is 10.2 Å². The minimum atomic E-state index is -3.15. The first kappa shape index (κ1) is 9.95. The molecule has 0 amide bonds. The Morgan fingerprint density at radius 3 is 2.75 bits per heavy atom. The van der Waals surface area contributed by atoms with Gasteiger partial charge in [0.25, 0.3) is 10.2 Å². The van der Waals surface area contributed by atoms with Crippen LogP contribution < -0.4 is 4.72 Å². The van der Waals surface area contributed by atoms with Gasteiger partial charge in [-0.3, -0.25) is 0 Å². The Balaban J connectivity index is 2.65. The van der Waals surface area contributed by atoms with Gasteiger partial charge in [-0.25, -0.2) is 0 Å². The van der Waals surface area contributed by atoms with Crippen molar-refractivity contribution < 1.29 is 8.42 Å². The molecule has 1 saturated heterocycles. The third-order valence-corrected chi connectivity index (χ3v) is 3.72. The van der Waals surface area contributed by atoms with Crippen molar-refractivity contribution in [1.82, 2.24) is 9.03 Å². The molecule has 1 rings (SSSR count). The van der Waals surface area contributed by atoms with E-state index in [-0.39, 0.29) is 6.04 Å². The summed E-state index contributed by atoms with van der Waals surface area (Å²) in [5.74, 6) is 0. The summed E-state index contributed by atoms with van der Waals surface area (Å²) in [5.41, 5.74) is 0. The highest BCUT2D eigenvalue weighted by Crippen LogP contribution is 2.10. The first-order valence-electron chi connectivity index (χ1n) is 4.33. The molecule has 4 nitrogen and oxygen atoms in total. The molecular weight excluding hydrogens is 176 g/mol. The van der Waals surface area contributed by atoms with Crippen LogP contribution in [-0.2, 0) is 10.2 Å². The van der Waals surface area contributed by atoms with Crippen LogP contribution in [0.5, 0.6) is 0 Å². The van der Waals surface area contributed by atoms with Crippen LogP contribution >= 0.6 is 0 Å². The summed E-state index contributed by atoms with van der Waals surface area (Å²) in [5, 5.41) is 0. The monoisotopic (exact) mass is 192 g/mol. The van der Waals surface area contributed by atoms with Crippen molar-refractivity contribution in [2.75, 3.05) is 13.1 Å². The van der Waals surface area contributed by atoms with E-state index in [1.807, 2.05) is 13.8 Å². The van der Waals surface area contributed by atoms with Gasteiger partial charge in [-0.1, -0.05) is 6.92 Å². The summed E-state index contributed by atoms with van der Waals surface area (Å²) in [6, 6.07) is 0.0862. The number of nitrogens with one attached hydrogen (secondary N) is 1. The van der Waals surface area contributed by atoms with Gasteiger partial charge in [-0.05, 0) is 19.8 Å². The SMILES string of the molecule is CCCN1CCC(C)NS1(=O)=O. The largest absolute Gasteiger partial charge is 0.279 e. The highest BCUT2D eigenvalue weighted by Gasteiger charge is 2.27. The molecule has 5 heteroatoms. The van der Waals surface area contributed by atoms with E-state index in [0.29, 0.717) is 13.1 Å². The zero-order valence-corrected chi connectivity index (χ0v) is 8.39. The van der Waals surface area contributed by atoms with Crippen molar-refractivity contribution in [2.24, 2.45) is 0 Å². The molecular formula is C7H16N2O2S. The highest BCUT2D eigenvalue weighted by atomic mass is 32.2. The van der Waals surface area contributed by atoms with Gasteiger partial charge in [0.2, 0.25) is 0 Å². The van der Waals surface area contributed by atoms with Crippen molar-refractivity contribution in [3.63, 3.8) is 0 Å². The number of nitrogens with zero attached hydrogens (tertiary/aromatic N) is 1. The second-order valence-electron chi connectivity index (χ2n) is 3.21. The molecule has 1 fully saturated rings. The average molecular weight is 192 g/mol. The Labute approximate surface area is 74.1 Å². The van der Waals surface area contributed by atoms with Crippen LogP contribution in [0, 0.1) is 0 Å². The van der Waals surface area contributed by atoms with Crippen LogP contribution in [0.4, 0.5) is 0 Å². The normalized spacial score (nSPS) is 30.3. The molecule has 0 radical (unpaired) electrons. The van der Waals surface area contributed by atoms with Crippen LogP contribution in [0.2, 0.25) is 0 Å². The van der Waals surface area contributed by atoms with Gasteiger partial charge in [-0.15, -0.1) is 0 Å². The first-order chi connectivity index (χ1) is 5.56. The molecule has 1 N–H and O–H groups in total. The predicted molar refractivity (Wildman–Crippen MR) is 48.0 cm³/mol. The molecule has 12 heavy (non-hydrogen) atoms. The van der Waals surface area contributed by atoms with Gasteiger partial charge in [0.05, 0.1) is 0 Å². The summed E-state index contributed by atoms with van der Waals surface area (Å²) in [4.78, 5) is 0. The van der Waals surface area contributed by atoms with E-state index in [1.54, 1.807) is 0 Å². The van der Waals surface area contributed by atoms with Crippen molar-refractivity contribution in [3.8, 4) is 0 Å². The molecule has 1 unspecified atom stereocenters. The molecule has 0 aliphatic carbocycles. The van der Waals surface area contributed by atoms with Crippen LogP contribution in [-0.4, -0.2) is 31.9 Å². The zero-order chi connectivity index (χ0) is 9.19. The molecule has 1 aliphatic rings. The van der Waals surface area contributed by atoms with Crippen LogP contribution in [0.1, 0.15) is 26.7 Å². The maximum absolute atomic E-state index is 11.4. The second-order valence-corrected chi connectivity index (χ2v) is 4.91. The standard InChI is InChI=1S/C7H16N2O2S/c1-3-5-9-6-4-7(2)8-12(9,10)11/h7-8H,3-6H2,1-2H3. The molecule has 0 aromatic heterocycles. The van der Waals surface area contributed by atoms with E-state index >= 15 is 0 Å². The van der Waals surface area contributed by atoms with Gasteiger partial charge in [0, 0.05) is 19.1 Å². The predicted octanol–water partition coefficient (Wildman–Crippen LogP) is 0.325. The lowest BCUT2D eigenvalue weighted by atomic mass is 10.2. The Kier molecular flexibility index (Phi) is 3.09. The van der Waals surface area contributed by atoms with Crippen molar-refractivity contribution in [3.05, 3.63) is 0 Å². The lowest BCUT2D eigenvalue weighted by Gasteiger charge is -2.30. The third-order valence-electron chi connectivity index (χ3n) is 1.97. The molecule has 0 aromatic rings.